The molecule has 1 atom stereocenters. The molecule has 220 valence electrons. The first-order chi connectivity index (χ1) is 19.0. The van der Waals surface area contributed by atoms with Crippen LogP contribution in [-0.4, -0.2) is 24.2 Å². The maximum absolute atomic E-state index is 12.6. The van der Waals surface area contributed by atoms with Gasteiger partial charge in [-0.2, -0.15) is 0 Å². The molecule has 0 saturated carbocycles. The molecular weight excluding hydrogens is 492 g/mol. The molecule has 0 amide bonds. The summed E-state index contributed by atoms with van der Waals surface area (Å²) in [6, 6.07) is 15.7. The molecule has 0 radical (unpaired) electrons. The lowest BCUT2D eigenvalue weighted by molar-refractivity contribution is -0.155. The van der Waals surface area contributed by atoms with Crippen LogP contribution in [-0.2, 0) is 28.8 Å². The summed E-state index contributed by atoms with van der Waals surface area (Å²) in [5.41, 5.74) is 19.9. The summed E-state index contributed by atoms with van der Waals surface area (Å²) in [4.78, 5) is 12.6. The van der Waals surface area contributed by atoms with E-state index in [0.29, 0.717) is 13.0 Å². The molecular formula is C36H54N2O2. The summed E-state index contributed by atoms with van der Waals surface area (Å²) in [6.07, 6.45) is 15.6. The number of rotatable bonds is 16. The maximum atomic E-state index is 12.6. The average molecular weight is 547 g/mol. The van der Waals surface area contributed by atoms with Gasteiger partial charge in [-0.1, -0.05) is 81.1 Å². The number of carbonyl (C=O) groups excluding carboxylic acids is 1. The normalized spacial score (nSPS) is 14.4. The number of allylic oxidation sites excluding steroid dienone is 1. The number of fused-ring (bicyclic) bond motifs is 1. The molecule has 4 heteroatoms. The van der Waals surface area contributed by atoms with E-state index in [-0.39, 0.29) is 12.0 Å². The first kappa shape index (κ1) is 32.1. The van der Waals surface area contributed by atoms with Crippen molar-refractivity contribution in [2.45, 2.75) is 123 Å². The van der Waals surface area contributed by atoms with Crippen molar-refractivity contribution in [1.29, 1.82) is 0 Å². The van der Waals surface area contributed by atoms with Gasteiger partial charge >= 0.3 is 5.97 Å². The van der Waals surface area contributed by atoms with Gasteiger partial charge in [-0.05, 0) is 112 Å². The molecule has 3 rings (SSSR count). The highest BCUT2D eigenvalue weighted by Crippen LogP contribution is 2.33. The molecule has 1 unspecified atom stereocenters. The van der Waals surface area contributed by atoms with E-state index in [0.717, 1.165) is 44.9 Å². The Balaban J connectivity index is 1.42. The predicted molar refractivity (Wildman–Crippen MR) is 170 cm³/mol. The monoisotopic (exact) mass is 546 g/mol. The quantitative estimate of drug-likeness (QED) is 0.165. The minimum Gasteiger partial charge on any atom is -0.465 e. The molecule has 0 fully saturated rings. The molecule has 0 spiro atoms. The fraction of sp³-hybridized carbons (Fsp3) is 0.583. The lowest BCUT2D eigenvalue weighted by Crippen LogP contribution is -2.50. The second-order valence-electron chi connectivity index (χ2n) is 13.1. The number of ether oxygens (including phenoxy) is 1. The van der Waals surface area contributed by atoms with Crippen LogP contribution in [0.15, 0.2) is 42.5 Å². The first-order valence-electron chi connectivity index (χ1n) is 15.6. The Bertz CT molecular complexity index is 1110. The standard InChI is InChI=1S/C36H54N2O2/c1-6-7-10-14-27-18-20-28(21-19-27)30-22-23-32-29(16-13-17-31(32)25-30)15-11-8-9-12-24-40-34(39)36(4,5)33(37)26-35(2,3)38/h13,16-21,25,33H,6-12,14-15,22-24,26,37-38H2,1-5H3. The largest absolute Gasteiger partial charge is 0.465 e. The number of nitrogens with two attached hydrogens (primary N) is 2. The van der Waals surface area contributed by atoms with E-state index < -0.39 is 11.0 Å². The molecule has 0 saturated heterocycles. The van der Waals surface area contributed by atoms with Gasteiger partial charge in [-0.25, -0.2) is 0 Å². The van der Waals surface area contributed by atoms with Crippen LogP contribution in [0.2, 0.25) is 0 Å². The molecule has 0 aromatic heterocycles. The topological polar surface area (TPSA) is 78.3 Å². The van der Waals surface area contributed by atoms with Crippen molar-refractivity contribution >= 4 is 17.6 Å². The summed E-state index contributed by atoms with van der Waals surface area (Å²) in [7, 11) is 0. The highest BCUT2D eigenvalue weighted by molar-refractivity contribution is 5.84. The second-order valence-corrected chi connectivity index (χ2v) is 13.1. The van der Waals surface area contributed by atoms with E-state index in [2.05, 4.69) is 55.5 Å². The van der Waals surface area contributed by atoms with Crippen LogP contribution in [0.1, 0.15) is 120 Å². The summed E-state index contributed by atoms with van der Waals surface area (Å²) < 4.78 is 5.59. The Labute approximate surface area is 244 Å². The van der Waals surface area contributed by atoms with Crippen LogP contribution in [0.4, 0.5) is 0 Å². The van der Waals surface area contributed by atoms with E-state index in [1.54, 1.807) is 0 Å². The van der Waals surface area contributed by atoms with Crippen molar-refractivity contribution in [2.24, 2.45) is 16.9 Å². The molecule has 0 heterocycles. The molecule has 4 N–H and O–H groups in total. The molecule has 2 aromatic carbocycles. The van der Waals surface area contributed by atoms with Gasteiger partial charge in [0.05, 0.1) is 12.0 Å². The van der Waals surface area contributed by atoms with E-state index in [1.165, 1.54) is 59.1 Å². The van der Waals surface area contributed by atoms with Gasteiger partial charge in [0.25, 0.3) is 0 Å². The van der Waals surface area contributed by atoms with E-state index in [4.69, 9.17) is 16.2 Å². The zero-order valence-corrected chi connectivity index (χ0v) is 25.9. The Morgan fingerprint density at radius 3 is 2.30 bits per heavy atom. The Morgan fingerprint density at radius 1 is 0.900 bits per heavy atom. The third-order valence-electron chi connectivity index (χ3n) is 8.45. The van der Waals surface area contributed by atoms with E-state index >= 15 is 0 Å². The van der Waals surface area contributed by atoms with Gasteiger partial charge in [-0.3, -0.25) is 4.79 Å². The van der Waals surface area contributed by atoms with Gasteiger partial charge in [0.2, 0.25) is 0 Å². The summed E-state index contributed by atoms with van der Waals surface area (Å²) >= 11 is 0. The van der Waals surface area contributed by atoms with Crippen LogP contribution in [0.3, 0.4) is 0 Å². The molecule has 2 aromatic rings. The molecule has 0 aliphatic heterocycles. The number of esters is 1. The van der Waals surface area contributed by atoms with Gasteiger partial charge in [0.15, 0.2) is 0 Å². The predicted octanol–water partition coefficient (Wildman–Crippen LogP) is 8.03. The minimum atomic E-state index is -0.741. The highest BCUT2D eigenvalue weighted by Gasteiger charge is 2.38. The molecule has 0 bridgehead atoms. The second kappa shape index (κ2) is 15.0. The maximum Gasteiger partial charge on any atom is 0.313 e. The van der Waals surface area contributed by atoms with Crippen LogP contribution in [0.5, 0.6) is 0 Å². The van der Waals surface area contributed by atoms with Crippen molar-refractivity contribution in [3.63, 3.8) is 0 Å². The number of aryl methyl sites for hydroxylation is 2. The van der Waals surface area contributed by atoms with Gasteiger partial charge in [-0.15, -0.1) is 0 Å². The Hall–Kier alpha value is -2.43. The van der Waals surface area contributed by atoms with E-state index in [1.807, 2.05) is 27.7 Å². The average Bonchev–Trinajstić information content (AvgIpc) is 2.91. The van der Waals surface area contributed by atoms with Crippen LogP contribution < -0.4 is 11.5 Å². The molecule has 40 heavy (non-hydrogen) atoms. The van der Waals surface area contributed by atoms with Crippen molar-refractivity contribution in [3.8, 4) is 0 Å². The lowest BCUT2D eigenvalue weighted by atomic mass is 9.79. The van der Waals surface area contributed by atoms with Crippen molar-refractivity contribution < 1.29 is 9.53 Å². The molecule has 1 aliphatic carbocycles. The molecule has 4 nitrogen and oxygen atoms in total. The lowest BCUT2D eigenvalue weighted by Gasteiger charge is -2.33. The van der Waals surface area contributed by atoms with E-state index in [9.17, 15) is 4.79 Å². The van der Waals surface area contributed by atoms with Crippen LogP contribution in [0.25, 0.3) is 11.6 Å². The van der Waals surface area contributed by atoms with Gasteiger partial charge in [0.1, 0.15) is 0 Å². The molecule has 1 aliphatic rings. The third kappa shape index (κ3) is 9.59. The van der Waals surface area contributed by atoms with Crippen LogP contribution >= 0.6 is 0 Å². The zero-order valence-electron chi connectivity index (χ0n) is 25.9. The summed E-state index contributed by atoms with van der Waals surface area (Å²) in [6.45, 7) is 10.3. The van der Waals surface area contributed by atoms with Gasteiger partial charge < -0.3 is 16.2 Å². The smallest absolute Gasteiger partial charge is 0.313 e. The summed E-state index contributed by atoms with van der Waals surface area (Å²) in [5.74, 6) is -0.226. The summed E-state index contributed by atoms with van der Waals surface area (Å²) in [5, 5.41) is 0. The van der Waals surface area contributed by atoms with Crippen molar-refractivity contribution in [1.82, 2.24) is 0 Å². The van der Waals surface area contributed by atoms with Crippen molar-refractivity contribution in [2.75, 3.05) is 6.61 Å². The zero-order chi connectivity index (χ0) is 29.2. The fourth-order valence-electron chi connectivity index (χ4n) is 5.64. The Morgan fingerprint density at radius 2 is 1.60 bits per heavy atom. The SMILES string of the molecule is CCCCCc1ccc(C2=Cc3cccc(CCCCCCOC(=O)C(C)(C)C(N)CC(C)(C)N)c3CC2)cc1. The van der Waals surface area contributed by atoms with Crippen molar-refractivity contribution in [3.05, 3.63) is 70.3 Å². The fourth-order valence-corrected chi connectivity index (χ4v) is 5.64. The number of hydrogen-bond acceptors (Lipinski definition) is 4. The number of unbranched alkanes of at least 4 members (excludes halogenated alkanes) is 5. The number of hydrogen-bond donors (Lipinski definition) is 2. The number of carbonyl (C=O) groups is 1. The highest BCUT2D eigenvalue weighted by atomic mass is 16.5. The first-order valence-corrected chi connectivity index (χ1v) is 15.6. The number of benzene rings is 2. The third-order valence-corrected chi connectivity index (χ3v) is 8.45. The minimum absolute atomic E-state index is 0.226. The van der Waals surface area contributed by atoms with Crippen LogP contribution in [0, 0.1) is 5.41 Å². The van der Waals surface area contributed by atoms with Gasteiger partial charge in [0, 0.05) is 11.6 Å². The Kier molecular flexibility index (Phi) is 12.0.